The first-order valence-corrected chi connectivity index (χ1v) is 7.84. The molecule has 2 heterocycles. The third-order valence-corrected chi connectivity index (χ3v) is 4.82. The third kappa shape index (κ3) is 2.61. The molecule has 0 fully saturated rings. The Morgan fingerprint density at radius 1 is 1.33 bits per heavy atom. The molecule has 0 unspecified atom stereocenters. The Morgan fingerprint density at radius 2 is 2.10 bits per heavy atom. The second-order valence-corrected chi connectivity index (χ2v) is 7.08. The number of nitrogens with zero attached hydrogens (tertiary/aromatic N) is 1. The number of ketones is 1. The van der Waals surface area contributed by atoms with Crippen molar-refractivity contribution in [3.05, 3.63) is 50.2 Å². The summed E-state index contributed by atoms with van der Waals surface area (Å²) in [4.78, 5) is 28.2. The topological polar surface area (TPSA) is 37.4 Å². The van der Waals surface area contributed by atoms with Gasteiger partial charge >= 0.3 is 0 Å². The van der Waals surface area contributed by atoms with Gasteiger partial charge in [0.25, 0.3) is 0 Å². The van der Waals surface area contributed by atoms with E-state index in [-0.39, 0.29) is 18.2 Å². The molecule has 0 atom stereocenters. The Hall–Kier alpha value is -1.65. The van der Waals surface area contributed by atoms with Crippen LogP contribution in [0.3, 0.4) is 0 Å². The minimum atomic E-state index is -0.0507. The number of hydrogen-bond acceptors (Lipinski definition) is 3. The maximum atomic E-state index is 12.5. The van der Waals surface area contributed by atoms with Crippen molar-refractivity contribution in [3.63, 3.8) is 0 Å². The van der Waals surface area contributed by atoms with E-state index in [9.17, 15) is 9.59 Å². The molecule has 3 nitrogen and oxygen atoms in total. The lowest BCUT2D eigenvalue weighted by Crippen LogP contribution is -2.32. The molecule has 0 spiro atoms. The van der Waals surface area contributed by atoms with Crippen LogP contribution in [0, 0.1) is 13.8 Å². The summed E-state index contributed by atoms with van der Waals surface area (Å²) in [6, 6.07) is 7.26. The van der Waals surface area contributed by atoms with Crippen molar-refractivity contribution in [3.8, 4) is 0 Å². The molecule has 108 valence electrons. The van der Waals surface area contributed by atoms with Crippen molar-refractivity contribution in [1.82, 2.24) is 0 Å². The van der Waals surface area contributed by atoms with E-state index in [1.807, 2.05) is 26.0 Å². The molecule has 1 amide bonds. The Kier molecular flexibility index (Phi) is 3.59. The first-order valence-electron chi connectivity index (χ1n) is 6.64. The molecule has 2 aromatic rings. The largest absolute Gasteiger partial charge is 0.304 e. The lowest BCUT2D eigenvalue weighted by molar-refractivity contribution is -0.117. The molecule has 0 N–H and O–H groups in total. The summed E-state index contributed by atoms with van der Waals surface area (Å²) in [6.45, 7) is 3.98. The second-order valence-electron chi connectivity index (χ2n) is 5.18. The van der Waals surface area contributed by atoms with Gasteiger partial charge in [-0.3, -0.25) is 9.59 Å². The molecule has 0 bridgehead atoms. The number of Topliss-reactive ketones (excluding diaryl/α,β-unsaturated/α-hetero) is 1. The molecule has 3 rings (SSSR count). The van der Waals surface area contributed by atoms with Crippen LogP contribution < -0.4 is 4.90 Å². The maximum Gasteiger partial charge on any atom is 0.231 e. The van der Waals surface area contributed by atoms with Gasteiger partial charge in [0.05, 0.1) is 13.0 Å². The molecule has 0 aliphatic carbocycles. The molecule has 5 heteroatoms. The van der Waals surface area contributed by atoms with Crippen molar-refractivity contribution >= 4 is 40.3 Å². The van der Waals surface area contributed by atoms with E-state index in [0.717, 1.165) is 21.0 Å². The van der Waals surface area contributed by atoms with Gasteiger partial charge in [-0.05, 0) is 37.6 Å². The summed E-state index contributed by atoms with van der Waals surface area (Å²) in [5.41, 5.74) is 2.39. The molecule has 1 aromatic carbocycles. The number of aryl methyl sites for hydroxylation is 2. The molecule has 1 aliphatic rings. The first kappa shape index (κ1) is 14.3. The van der Waals surface area contributed by atoms with Gasteiger partial charge < -0.3 is 4.90 Å². The van der Waals surface area contributed by atoms with E-state index >= 15 is 0 Å². The zero-order chi connectivity index (χ0) is 15.1. The number of amides is 1. The van der Waals surface area contributed by atoms with Crippen molar-refractivity contribution in [1.29, 1.82) is 0 Å². The smallest absolute Gasteiger partial charge is 0.231 e. The van der Waals surface area contributed by atoms with Crippen molar-refractivity contribution in [2.24, 2.45) is 0 Å². The van der Waals surface area contributed by atoms with Gasteiger partial charge in [-0.2, -0.15) is 0 Å². The SMILES string of the molecule is Cc1cc(C(=O)CN2C(=O)Cc3ccc(Cl)cc32)c(C)s1. The van der Waals surface area contributed by atoms with Crippen LogP contribution in [0.5, 0.6) is 0 Å². The van der Waals surface area contributed by atoms with Crippen molar-refractivity contribution in [2.75, 3.05) is 11.4 Å². The van der Waals surface area contributed by atoms with Crippen molar-refractivity contribution < 1.29 is 9.59 Å². The lowest BCUT2D eigenvalue weighted by Gasteiger charge is -2.16. The quantitative estimate of drug-likeness (QED) is 0.807. The number of benzene rings is 1. The summed E-state index contributed by atoms with van der Waals surface area (Å²) < 4.78 is 0. The molecular formula is C16H14ClNO2S. The summed E-state index contributed by atoms with van der Waals surface area (Å²) in [5.74, 6) is -0.0803. The molecular weight excluding hydrogens is 306 g/mol. The van der Waals surface area contributed by atoms with Gasteiger partial charge in [-0.25, -0.2) is 0 Å². The minimum absolute atomic E-state index is 0.0296. The molecule has 1 aromatic heterocycles. The summed E-state index contributed by atoms with van der Waals surface area (Å²) in [7, 11) is 0. The fraction of sp³-hybridized carbons (Fsp3) is 0.250. The van der Waals surface area contributed by atoms with Crippen LogP contribution in [0.1, 0.15) is 25.7 Å². The van der Waals surface area contributed by atoms with Gasteiger partial charge in [0.15, 0.2) is 5.78 Å². The molecule has 0 saturated carbocycles. The van der Waals surface area contributed by atoms with Crippen LogP contribution in [-0.2, 0) is 11.2 Å². The van der Waals surface area contributed by atoms with Crippen LogP contribution >= 0.6 is 22.9 Å². The molecule has 1 aliphatic heterocycles. The predicted octanol–water partition coefficient (Wildman–Crippen LogP) is 3.79. The van der Waals surface area contributed by atoms with Gasteiger partial charge in [0.2, 0.25) is 5.91 Å². The van der Waals surface area contributed by atoms with Gasteiger partial charge in [0, 0.05) is 26.0 Å². The molecule has 21 heavy (non-hydrogen) atoms. The van der Waals surface area contributed by atoms with Crippen LogP contribution in [0.4, 0.5) is 5.69 Å². The van der Waals surface area contributed by atoms with E-state index < -0.39 is 0 Å². The van der Waals surface area contributed by atoms with E-state index in [1.165, 1.54) is 4.90 Å². The number of hydrogen-bond donors (Lipinski definition) is 0. The zero-order valence-electron chi connectivity index (χ0n) is 11.8. The number of anilines is 1. The van der Waals surface area contributed by atoms with Crippen LogP contribution in [0.15, 0.2) is 24.3 Å². The molecule has 0 radical (unpaired) electrons. The average molecular weight is 320 g/mol. The Labute approximate surface area is 132 Å². The average Bonchev–Trinajstić information content (AvgIpc) is 2.90. The maximum absolute atomic E-state index is 12.5. The highest BCUT2D eigenvalue weighted by molar-refractivity contribution is 7.12. The number of rotatable bonds is 3. The van der Waals surface area contributed by atoms with Crippen LogP contribution in [-0.4, -0.2) is 18.2 Å². The Balaban J connectivity index is 1.89. The van der Waals surface area contributed by atoms with Crippen LogP contribution in [0.25, 0.3) is 0 Å². The summed E-state index contributed by atoms with van der Waals surface area (Å²) in [6.07, 6.45) is 0.335. The van der Waals surface area contributed by atoms with Crippen LogP contribution in [0.2, 0.25) is 5.02 Å². The highest BCUT2D eigenvalue weighted by Crippen LogP contribution is 2.32. The first-order chi connectivity index (χ1) is 9.95. The monoisotopic (exact) mass is 319 g/mol. The Bertz CT molecular complexity index is 751. The van der Waals surface area contributed by atoms with E-state index in [4.69, 9.17) is 11.6 Å². The van der Waals surface area contributed by atoms with Gasteiger partial charge in [0.1, 0.15) is 0 Å². The fourth-order valence-electron chi connectivity index (χ4n) is 2.64. The Morgan fingerprint density at radius 3 is 2.76 bits per heavy atom. The highest BCUT2D eigenvalue weighted by atomic mass is 35.5. The summed E-state index contributed by atoms with van der Waals surface area (Å²) >= 11 is 7.60. The number of carbonyl (C=O) groups excluding carboxylic acids is 2. The fourth-order valence-corrected chi connectivity index (χ4v) is 3.75. The third-order valence-electron chi connectivity index (χ3n) is 3.62. The van der Waals surface area contributed by atoms with E-state index in [0.29, 0.717) is 17.0 Å². The number of halogens is 1. The minimum Gasteiger partial charge on any atom is -0.304 e. The standard InChI is InChI=1S/C16H14ClNO2S/c1-9-5-13(10(2)21-9)15(19)8-18-14-7-12(17)4-3-11(14)6-16(18)20/h3-5,7H,6,8H2,1-2H3. The van der Waals surface area contributed by atoms with E-state index in [2.05, 4.69) is 0 Å². The number of fused-ring (bicyclic) bond motifs is 1. The highest BCUT2D eigenvalue weighted by Gasteiger charge is 2.29. The van der Waals surface area contributed by atoms with E-state index in [1.54, 1.807) is 23.5 Å². The van der Waals surface area contributed by atoms with Crippen molar-refractivity contribution in [2.45, 2.75) is 20.3 Å². The second kappa shape index (κ2) is 5.28. The number of carbonyl (C=O) groups is 2. The lowest BCUT2D eigenvalue weighted by atomic mass is 10.1. The normalized spacial score (nSPS) is 13.7. The number of thiophene rings is 1. The van der Waals surface area contributed by atoms with Gasteiger partial charge in [-0.1, -0.05) is 17.7 Å². The van der Waals surface area contributed by atoms with Gasteiger partial charge in [-0.15, -0.1) is 11.3 Å². The molecule has 0 saturated heterocycles. The predicted molar refractivity (Wildman–Crippen MR) is 85.6 cm³/mol. The zero-order valence-corrected chi connectivity index (χ0v) is 13.3. The summed E-state index contributed by atoms with van der Waals surface area (Å²) in [5, 5.41) is 0.573.